The number of halogens is 4. The van der Waals surface area contributed by atoms with E-state index in [1.54, 1.807) is 30.3 Å². The zero-order valence-corrected chi connectivity index (χ0v) is 9.20. The summed E-state index contributed by atoms with van der Waals surface area (Å²) in [4.78, 5) is 0.324. The van der Waals surface area contributed by atoms with E-state index in [1.807, 2.05) is 0 Å². The number of hydrogen-bond donors (Lipinski definition) is 0. The highest BCUT2D eigenvalue weighted by Gasteiger charge is 2.19. The van der Waals surface area contributed by atoms with E-state index in [9.17, 15) is 17.6 Å². The minimum atomic E-state index is -1.79. The molecule has 2 aromatic rings. The van der Waals surface area contributed by atoms with Crippen molar-refractivity contribution in [3.8, 4) is 0 Å². The molecule has 0 aliphatic carbocycles. The van der Waals surface area contributed by atoms with Crippen LogP contribution >= 0.6 is 11.8 Å². The Morgan fingerprint density at radius 3 is 2.06 bits per heavy atom. The third-order valence-electron chi connectivity index (χ3n) is 2.04. The van der Waals surface area contributed by atoms with E-state index in [1.165, 1.54) is 0 Å². The Morgan fingerprint density at radius 2 is 1.41 bits per heavy atom. The molecule has 2 rings (SSSR count). The van der Waals surface area contributed by atoms with Crippen molar-refractivity contribution in [3.63, 3.8) is 0 Å². The molecule has 0 radical (unpaired) electrons. The van der Waals surface area contributed by atoms with Gasteiger partial charge in [0.1, 0.15) is 0 Å². The molecular weight excluding hydrogens is 252 g/mol. The van der Waals surface area contributed by atoms with E-state index in [0.717, 1.165) is 11.8 Å². The average molecular weight is 258 g/mol. The lowest BCUT2D eigenvalue weighted by atomic mass is 10.3. The second-order valence-electron chi connectivity index (χ2n) is 3.21. The minimum absolute atomic E-state index is 0.285. The van der Waals surface area contributed by atoms with Gasteiger partial charge >= 0.3 is 0 Å². The summed E-state index contributed by atoms with van der Waals surface area (Å²) in [6.45, 7) is 0. The van der Waals surface area contributed by atoms with Crippen molar-refractivity contribution < 1.29 is 17.6 Å². The number of hydrogen-bond acceptors (Lipinski definition) is 1. The molecule has 5 heteroatoms. The molecule has 88 valence electrons. The highest BCUT2D eigenvalue weighted by Crippen LogP contribution is 2.32. The molecule has 0 fully saturated rings. The van der Waals surface area contributed by atoms with Crippen molar-refractivity contribution in [3.05, 3.63) is 59.7 Å². The van der Waals surface area contributed by atoms with E-state index < -0.39 is 23.3 Å². The highest BCUT2D eigenvalue weighted by molar-refractivity contribution is 7.99. The molecular formula is C12H6F4S. The van der Waals surface area contributed by atoms with E-state index in [0.29, 0.717) is 11.0 Å². The Balaban J connectivity index is 2.41. The van der Waals surface area contributed by atoms with Crippen LogP contribution in [0, 0.1) is 23.3 Å². The SMILES string of the molecule is Fc1cc(Sc2ccccc2)c(F)c(F)c1F. The van der Waals surface area contributed by atoms with Gasteiger partial charge in [0.25, 0.3) is 0 Å². The maximum atomic E-state index is 13.3. The fourth-order valence-corrected chi connectivity index (χ4v) is 2.13. The van der Waals surface area contributed by atoms with Crippen molar-refractivity contribution in [2.45, 2.75) is 9.79 Å². The van der Waals surface area contributed by atoms with Gasteiger partial charge in [-0.15, -0.1) is 0 Å². The van der Waals surface area contributed by atoms with Crippen LogP contribution in [0.15, 0.2) is 46.2 Å². The van der Waals surface area contributed by atoms with Gasteiger partial charge in [0.05, 0.1) is 4.90 Å². The largest absolute Gasteiger partial charge is 0.204 e. The third-order valence-corrected chi connectivity index (χ3v) is 3.07. The normalized spacial score (nSPS) is 10.6. The number of rotatable bonds is 2. The summed E-state index contributed by atoms with van der Waals surface area (Å²) in [7, 11) is 0. The van der Waals surface area contributed by atoms with Crippen molar-refractivity contribution in [1.82, 2.24) is 0 Å². The average Bonchev–Trinajstić information content (AvgIpc) is 2.35. The van der Waals surface area contributed by atoms with Crippen LogP contribution in [0.5, 0.6) is 0 Å². The zero-order valence-electron chi connectivity index (χ0n) is 8.38. The lowest BCUT2D eigenvalue weighted by molar-refractivity contribution is 0.398. The van der Waals surface area contributed by atoms with Crippen LogP contribution in [-0.4, -0.2) is 0 Å². The highest BCUT2D eigenvalue weighted by atomic mass is 32.2. The van der Waals surface area contributed by atoms with Crippen molar-refractivity contribution in [2.24, 2.45) is 0 Å². The first-order valence-corrected chi connectivity index (χ1v) is 5.47. The van der Waals surface area contributed by atoms with Gasteiger partial charge in [-0.2, -0.15) is 0 Å². The molecule has 0 saturated carbocycles. The van der Waals surface area contributed by atoms with E-state index in [4.69, 9.17) is 0 Å². The van der Waals surface area contributed by atoms with Crippen molar-refractivity contribution >= 4 is 11.8 Å². The molecule has 0 aliphatic heterocycles. The predicted octanol–water partition coefficient (Wildman–Crippen LogP) is 4.39. The lowest BCUT2D eigenvalue weighted by Gasteiger charge is -2.05. The fraction of sp³-hybridized carbons (Fsp3) is 0. The Kier molecular flexibility index (Phi) is 3.38. The van der Waals surface area contributed by atoms with Gasteiger partial charge in [0.2, 0.25) is 0 Å². The Morgan fingerprint density at radius 1 is 0.765 bits per heavy atom. The Labute approximate surface area is 99.3 Å². The molecule has 2 aromatic carbocycles. The lowest BCUT2D eigenvalue weighted by Crippen LogP contribution is -1.97. The molecule has 0 unspecified atom stereocenters. The first-order valence-electron chi connectivity index (χ1n) is 4.65. The van der Waals surface area contributed by atoms with Crippen molar-refractivity contribution in [1.29, 1.82) is 0 Å². The van der Waals surface area contributed by atoms with Crippen LogP contribution < -0.4 is 0 Å². The third kappa shape index (κ3) is 2.44. The fourth-order valence-electron chi connectivity index (χ4n) is 1.24. The van der Waals surface area contributed by atoms with Gasteiger partial charge in [-0.3, -0.25) is 0 Å². The van der Waals surface area contributed by atoms with Crippen LogP contribution in [0.2, 0.25) is 0 Å². The summed E-state index contributed by atoms with van der Waals surface area (Å²) < 4.78 is 51.9. The summed E-state index contributed by atoms with van der Waals surface area (Å²) in [6.07, 6.45) is 0. The van der Waals surface area contributed by atoms with Crippen LogP contribution in [0.25, 0.3) is 0 Å². The molecule has 17 heavy (non-hydrogen) atoms. The molecule has 0 aliphatic rings. The van der Waals surface area contributed by atoms with Gasteiger partial charge < -0.3 is 0 Å². The quantitative estimate of drug-likeness (QED) is 0.437. The summed E-state index contributed by atoms with van der Waals surface area (Å²) in [5.74, 6) is -6.36. The maximum Gasteiger partial charge on any atom is 0.198 e. The minimum Gasteiger partial charge on any atom is -0.204 e. The smallest absolute Gasteiger partial charge is 0.198 e. The molecule has 0 saturated heterocycles. The molecule has 0 bridgehead atoms. The molecule has 0 aromatic heterocycles. The summed E-state index contributed by atoms with van der Waals surface area (Å²) in [5.41, 5.74) is 0. The molecule has 0 heterocycles. The van der Waals surface area contributed by atoms with Gasteiger partial charge in [-0.05, 0) is 18.2 Å². The summed E-state index contributed by atoms with van der Waals surface area (Å²) in [5, 5.41) is 0. The standard InChI is InChI=1S/C12H6F4S/c13-8-6-9(11(15)12(16)10(8)14)17-7-4-2-1-3-5-7/h1-6H. The van der Waals surface area contributed by atoms with E-state index >= 15 is 0 Å². The zero-order chi connectivity index (χ0) is 12.4. The van der Waals surface area contributed by atoms with E-state index in [2.05, 4.69) is 0 Å². The first kappa shape index (κ1) is 12.0. The molecule has 0 N–H and O–H groups in total. The van der Waals surface area contributed by atoms with Crippen LogP contribution in [0.1, 0.15) is 0 Å². The van der Waals surface area contributed by atoms with Crippen LogP contribution in [0.4, 0.5) is 17.6 Å². The predicted molar refractivity (Wildman–Crippen MR) is 56.8 cm³/mol. The summed E-state index contributed by atoms with van der Waals surface area (Å²) >= 11 is 0.830. The molecule has 0 nitrogen and oxygen atoms in total. The second-order valence-corrected chi connectivity index (χ2v) is 4.33. The van der Waals surface area contributed by atoms with Crippen LogP contribution in [-0.2, 0) is 0 Å². The molecule has 0 amide bonds. The maximum absolute atomic E-state index is 13.3. The summed E-state index contributed by atoms with van der Waals surface area (Å²) in [6, 6.07) is 9.12. The Bertz CT molecular complexity index is 540. The van der Waals surface area contributed by atoms with Gasteiger partial charge in [0.15, 0.2) is 23.3 Å². The number of benzene rings is 2. The molecule has 0 spiro atoms. The monoisotopic (exact) mass is 258 g/mol. The van der Waals surface area contributed by atoms with Gasteiger partial charge in [0, 0.05) is 4.90 Å². The Hall–Kier alpha value is -1.49. The van der Waals surface area contributed by atoms with Crippen molar-refractivity contribution in [2.75, 3.05) is 0 Å². The van der Waals surface area contributed by atoms with Gasteiger partial charge in [-0.25, -0.2) is 17.6 Å². The molecule has 0 atom stereocenters. The van der Waals surface area contributed by atoms with E-state index in [-0.39, 0.29) is 4.90 Å². The topological polar surface area (TPSA) is 0 Å². The van der Waals surface area contributed by atoms with Gasteiger partial charge in [-0.1, -0.05) is 30.0 Å². The van der Waals surface area contributed by atoms with Crippen LogP contribution in [0.3, 0.4) is 0 Å². The second kappa shape index (κ2) is 4.79. The first-order chi connectivity index (χ1) is 8.09.